The standard InChI is InChI=1S/C8H17N2O2/c1-9-8(11)5-7(12-9)6-10(2,3)4/h7H,5-6H2,1-4H3/q+1/t7-/m1/s1. The molecule has 1 rings (SSSR count). The summed E-state index contributed by atoms with van der Waals surface area (Å²) >= 11 is 0. The van der Waals surface area contributed by atoms with Crippen molar-refractivity contribution in [1.82, 2.24) is 5.06 Å². The van der Waals surface area contributed by atoms with Gasteiger partial charge in [0.1, 0.15) is 12.6 Å². The second-order valence-electron chi connectivity index (χ2n) is 4.30. The van der Waals surface area contributed by atoms with Gasteiger partial charge in [-0.1, -0.05) is 0 Å². The molecule has 4 nitrogen and oxygen atoms in total. The number of amides is 1. The molecule has 0 unspecified atom stereocenters. The highest BCUT2D eigenvalue weighted by molar-refractivity contribution is 5.76. The maximum absolute atomic E-state index is 11.1. The van der Waals surface area contributed by atoms with Crippen LogP contribution in [-0.4, -0.2) is 56.3 Å². The van der Waals surface area contributed by atoms with Gasteiger partial charge in [0.15, 0.2) is 0 Å². The molecule has 4 heteroatoms. The van der Waals surface area contributed by atoms with Crippen molar-refractivity contribution in [2.45, 2.75) is 12.5 Å². The number of hydrogen-bond acceptors (Lipinski definition) is 2. The molecule has 0 aromatic carbocycles. The van der Waals surface area contributed by atoms with Crippen molar-refractivity contribution >= 4 is 5.91 Å². The van der Waals surface area contributed by atoms with E-state index in [4.69, 9.17) is 4.84 Å². The fourth-order valence-electron chi connectivity index (χ4n) is 1.35. The van der Waals surface area contributed by atoms with E-state index >= 15 is 0 Å². The molecule has 0 N–H and O–H groups in total. The minimum Gasteiger partial charge on any atom is -0.329 e. The highest BCUT2D eigenvalue weighted by atomic mass is 16.7. The SMILES string of the molecule is CN1O[C@@H](C[N+](C)(C)C)CC1=O. The van der Waals surface area contributed by atoms with E-state index in [-0.39, 0.29) is 12.0 Å². The molecule has 12 heavy (non-hydrogen) atoms. The molecule has 1 heterocycles. The Hall–Kier alpha value is -0.610. The number of rotatable bonds is 2. The number of hydroxylamine groups is 2. The van der Waals surface area contributed by atoms with Crippen LogP contribution in [0.1, 0.15) is 6.42 Å². The third kappa shape index (κ3) is 2.46. The molecular weight excluding hydrogens is 156 g/mol. The molecule has 1 amide bonds. The Kier molecular flexibility index (Phi) is 2.39. The molecule has 0 spiro atoms. The molecule has 0 aliphatic carbocycles. The Labute approximate surface area is 73.2 Å². The number of carbonyl (C=O) groups excluding carboxylic acids is 1. The van der Waals surface area contributed by atoms with E-state index in [2.05, 4.69) is 21.1 Å². The fraction of sp³-hybridized carbons (Fsp3) is 0.875. The van der Waals surface area contributed by atoms with Gasteiger partial charge in [0.2, 0.25) is 5.91 Å². The molecule has 0 aromatic rings. The Morgan fingerprint density at radius 2 is 2.17 bits per heavy atom. The average molecular weight is 173 g/mol. The third-order valence-corrected chi connectivity index (χ3v) is 1.81. The van der Waals surface area contributed by atoms with Crippen LogP contribution < -0.4 is 0 Å². The maximum Gasteiger partial charge on any atom is 0.248 e. The number of likely N-dealkylation sites (N-methyl/N-ethyl adjacent to an activating group) is 1. The van der Waals surface area contributed by atoms with E-state index in [9.17, 15) is 4.79 Å². The fourth-order valence-corrected chi connectivity index (χ4v) is 1.35. The highest BCUT2D eigenvalue weighted by Gasteiger charge is 2.32. The average Bonchev–Trinajstić information content (AvgIpc) is 2.07. The molecule has 0 aromatic heterocycles. The summed E-state index contributed by atoms with van der Waals surface area (Å²) in [6, 6.07) is 0. The lowest BCUT2D eigenvalue weighted by atomic mass is 10.2. The minimum absolute atomic E-state index is 0.0579. The molecule has 1 saturated heterocycles. The van der Waals surface area contributed by atoms with E-state index in [1.165, 1.54) is 5.06 Å². The zero-order chi connectivity index (χ0) is 9.35. The molecule has 0 radical (unpaired) electrons. The van der Waals surface area contributed by atoms with Crippen LogP contribution >= 0.6 is 0 Å². The number of nitrogens with zero attached hydrogens (tertiary/aromatic N) is 2. The van der Waals surface area contributed by atoms with Crippen LogP contribution in [0.3, 0.4) is 0 Å². The van der Waals surface area contributed by atoms with Crippen LogP contribution in [0.4, 0.5) is 0 Å². The smallest absolute Gasteiger partial charge is 0.248 e. The van der Waals surface area contributed by atoms with Gasteiger partial charge >= 0.3 is 0 Å². The van der Waals surface area contributed by atoms with Gasteiger partial charge in [-0.15, -0.1) is 0 Å². The molecule has 0 bridgehead atoms. The molecule has 1 aliphatic rings. The van der Waals surface area contributed by atoms with Gasteiger partial charge in [-0.25, -0.2) is 5.06 Å². The van der Waals surface area contributed by atoms with Gasteiger partial charge in [0.25, 0.3) is 0 Å². The quantitative estimate of drug-likeness (QED) is 0.544. The molecular formula is C8H17N2O2+. The lowest BCUT2D eigenvalue weighted by Gasteiger charge is -2.26. The van der Waals surface area contributed by atoms with Gasteiger partial charge in [0.05, 0.1) is 27.6 Å². The van der Waals surface area contributed by atoms with Gasteiger partial charge in [-0.2, -0.15) is 0 Å². The predicted octanol–water partition coefficient (Wildman–Crippen LogP) is -0.145. The molecule has 1 aliphatic heterocycles. The lowest BCUT2D eigenvalue weighted by molar-refractivity contribution is -0.873. The van der Waals surface area contributed by atoms with Gasteiger partial charge in [-0.3, -0.25) is 9.63 Å². The van der Waals surface area contributed by atoms with Crippen molar-refractivity contribution in [2.24, 2.45) is 0 Å². The minimum atomic E-state index is 0.0579. The highest BCUT2D eigenvalue weighted by Crippen LogP contribution is 2.14. The summed E-state index contributed by atoms with van der Waals surface area (Å²) in [6.07, 6.45) is 0.578. The molecule has 0 saturated carbocycles. The zero-order valence-corrected chi connectivity index (χ0v) is 8.20. The summed E-state index contributed by atoms with van der Waals surface area (Å²) in [7, 11) is 7.93. The van der Waals surface area contributed by atoms with E-state index in [1.54, 1.807) is 7.05 Å². The van der Waals surface area contributed by atoms with Crippen LogP contribution in [0, 0.1) is 0 Å². The van der Waals surface area contributed by atoms with Gasteiger partial charge in [-0.05, 0) is 0 Å². The third-order valence-electron chi connectivity index (χ3n) is 1.81. The second kappa shape index (κ2) is 3.03. The largest absolute Gasteiger partial charge is 0.329 e. The topological polar surface area (TPSA) is 29.5 Å². The Bertz CT molecular complexity index is 186. The first-order valence-corrected chi connectivity index (χ1v) is 4.12. The normalized spacial score (nSPS) is 25.2. The van der Waals surface area contributed by atoms with Crippen LogP contribution in [0.15, 0.2) is 0 Å². The number of quaternary nitrogens is 1. The summed E-state index contributed by atoms with van der Waals surface area (Å²) in [5.41, 5.74) is 0. The van der Waals surface area contributed by atoms with Crippen LogP contribution in [-0.2, 0) is 9.63 Å². The van der Waals surface area contributed by atoms with E-state index < -0.39 is 0 Å². The maximum atomic E-state index is 11.1. The van der Waals surface area contributed by atoms with Crippen molar-refractivity contribution < 1.29 is 14.1 Å². The summed E-state index contributed by atoms with van der Waals surface area (Å²) in [4.78, 5) is 16.4. The first-order chi connectivity index (χ1) is 5.38. The molecule has 1 fully saturated rings. The summed E-state index contributed by atoms with van der Waals surface area (Å²) in [6.45, 7) is 0.871. The van der Waals surface area contributed by atoms with Crippen molar-refractivity contribution in [3.8, 4) is 0 Å². The van der Waals surface area contributed by atoms with Gasteiger partial charge < -0.3 is 4.48 Å². The van der Waals surface area contributed by atoms with Crippen LogP contribution in [0.25, 0.3) is 0 Å². The van der Waals surface area contributed by atoms with Crippen LogP contribution in [0.2, 0.25) is 0 Å². The zero-order valence-electron chi connectivity index (χ0n) is 8.20. The Morgan fingerprint density at radius 1 is 1.58 bits per heavy atom. The van der Waals surface area contributed by atoms with Crippen molar-refractivity contribution in [1.29, 1.82) is 0 Å². The summed E-state index contributed by atoms with van der Waals surface area (Å²) < 4.78 is 0.825. The second-order valence-corrected chi connectivity index (χ2v) is 4.30. The van der Waals surface area contributed by atoms with Crippen molar-refractivity contribution in [3.05, 3.63) is 0 Å². The lowest BCUT2D eigenvalue weighted by Crippen LogP contribution is -2.41. The predicted molar refractivity (Wildman–Crippen MR) is 45.2 cm³/mol. The number of hydrogen-bond donors (Lipinski definition) is 0. The molecule has 1 atom stereocenters. The monoisotopic (exact) mass is 173 g/mol. The summed E-state index contributed by atoms with van der Waals surface area (Å²) in [5.74, 6) is 0.0773. The van der Waals surface area contributed by atoms with Crippen LogP contribution in [0.5, 0.6) is 0 Å². The Balaban J connectivity index is 2.43. The number of carbonyl (C=O) groups is 1. The van der Waals surface area contributed by atoms with E-state index in [0.29, 0.717) is 6.42 Å². The Morgan fingerprint density at radius 3 is 2.50 bits per heavy atom. The first kappa shape index (κ1) is 9.48. The molecule has 70 valence electrons. The van der Waals surface area contributed by atoms with E-state index in [1.807, 2.05) is 0 Å². The van der Waals surface area contributed by atoms with Crippen molar-refractivity contribution in [3.63, 3.8) is 0 Å². The first-order valence-electron chi connectivity index (χ1n) is 4.12. The van der Waals surface area contributed by atoms with E-state index in [0.717, 1.165) is 11.0 Å². The summed E-state index contributed by atoms with van der Waals surface area (Å²) in [5, 5.41) is 1.33. The van der Waals surface area contributed by atoms with Crippen molar-refractivity contribution in [2.75, 3.05) is 34.7 Å². The van der Waals surface area contributed by atoms with Gasteiger partial charge in [0, 0.05) is 7.05 Å².